The van der Waals surface area contributed by atoms with Crippen LogP contribution in [0.15, 0.2) is 12.7 Å². The Labute approximate surface area is 102 Å². The topological polar surface area (TPSA) is 58.6 Å². The molecule has 1 aliphatic heterocycles. The molecule has 0 aliphatic carbocycles. The van der Waals surface area contributed by atoms with Crippen LogP contribution in [0, 0.1) is 0 Å². The number of nitrogens with one attached hydrogen (secondary N) is 1. The van der Waals surface area contributed by atoms with Crippen molar-refractivity contribution in [1.82, 2.24) is 10.2 Å². The van der Waals surface area contributed by atoms with E-state index in [0.717, 1.165) is 19.4 Å². The van der Waals surface area contributed by atoms with Gasteiger partial charge in [0, 0.05) is 6.54 Å². The molecule has 0 aromatic carbocycles. The second-order valence-corrected chi connectivity index (χ2v) is 3.97. The van der Waals surface area contributed by atoms with Crippen LogP contribution in [-0.4, -0.2) is 49.1 Å². The molecular weight excluding hydrogens is 220 g/mol. The average molecular weight is 240 g/mol. The number of carbonyl (C=O) groups is 2. The van der Waals surface area contributed by atoms with Crippen LogP contribution in [0.2, 0.25) is 0 Å². The summed E-state index contributed by atoms with van der Waals surface area (Å²) < 4.78 is 4.99. The minimum Gasteiger partial charge on any atom is -0.465 e. The van der Waals surface area contributed by atoms with Gasteiger partial charge in [-0.3, -0.25) is 14.5 Å². The third kappa shape index (κ3) is 4.19. The molecule has 1 amide bonds. The molecule has 5 heteroatoms. The molecule has 0 spiro atoms. The van der Waals surface area contributed by atoms with Crippen molar-refractivity contribution in [1.29, 1.82) is 0 Å². The number of hydrogen-bond acceptors (Lipinski definition) is 4. The molecule has 5 nitrogen and oxygen atoms in total. The number of carbonyl (C=O) groups excluding carboxylic acids is 2. The van der Waals surface area contributed by atoms with Gasteiger partial charge in [-0.2, -0.15) is 0 Å². The molecule has 17 heavy (non-hydrogen) atoms. The summed E-state index contributed by atoms with van der Waals surface area (Å²) in [6.07, 6.45) is 3.33. The smallest absolute Gasteiger partial charge is 0.323 e. The number of likely N-dealkylation sites (tertiary alicyclic amines) is 1. The number of amides is 1. The molecule has 1 heterocycles. The van der Waals surface area contributed by atoms with Crippen LogP contribution in [0.4, 0.5) is 0 Å². The van der Waals surface area contributed by atoms with Gasteiger partial charge in [0.25, 0.3) is 0 Å². The van der Waals surface area contributed by atoms with E-state index in [4.69, 9.17) is 4.74 Å². The van der Waals surface area contributed by atoms with Crippen molar-refractivity contribution in [3.05, 3.63) is 12.7 Å². The maximum atomic E-state index is 11.6. The number of esters is 1. The van der Waals surface area contributed by atoms with Gasteiger partial charge in [0.05, 0.1) is 13.2 Å². The first-order valence-corrected chi connectivity index (χ1v) is 5.97. The van der Waals surface area contributed by atoms with E-state index in [2.05, 4.69) is 11.9 Å². The second kappa shape index (κ2) is 7.06. The zero-order valence-corrected chi connectivity index (χ0v) is 10.3. The van der Waals surface area contributed by atoms with E-state index in [9.17, 15) is 9.59 Å². The van der Waals surface area contributed by atoms with Crippen molar-refractivity contribution in [2.24, 2.45) is 0 Å². The Morgan fingerprint density at radius 2 is 2.35 bits per heavy atom. The van der Waals surface area contributed by atoms with E-state index in [0.29, 0.717) is 13.2 Å². The highest BCUT2D eigenvalue weighted by Crippen LogP contribution is 2.17. The van der Waals surface area contributed by atoms with E-state index >= 15 is 0 Å². The number of hydrogen-bond donors (Lipinski definition) is 1. The van der Waals surface area contributed by atoms with E-state index in [1.54, 1.807) is 13.0 Å². The lowest BCUT2D eigenvalue weighted by Gasteiger charge is -2.21. The van der Waals surface area contributed by atoms with Gasteiger partial charge in [-0.05, 0) is 26.3 Å². The third-order valence-electron chi connectivity index (χ3n) is 2.71. The maximum Gasteiger partial charge on any atom is 0.323 e. The van der Waals surface area contributed by atoms with Crippen LogP contribution in [-0.2, 0) is 14.3 Å². The minimum absolute atomic E-state index is 0.0823. The molecule has 0 aromatic heterocycles. The first-order valence-electron chi connectivity index (χ1n) is 5.97. The predicted octanol–water partition coefficient (Wildman–Crippen LogP) is 0.316. The normalized spacial score (nSPS) is 19.9. The monoisotopic (exact) mass is 240 g/mol. The van der Waals surface area contributed by atoms with Crippen molar-refractivity contribution in [2.45, 2.75) is 25.8 Å². The molecule has 1 saturated heterocycles. The highest BCUT2D eigenvalue weighted by atomic mass is 16.5. The van der Waals surface area contributed by atoms with E-state index in [-0.39, 0.29) is 24.5 Å². The summed E-state index contributed by atoms with van der Waals surface area (Å²) in [7, 11) is 0. The lowest BCUT2D eigenvalue weighted by atomic mass is 10.2. The molecule has 0 bridgehead atoms. The standard InChI is InChI=1S/C12H20N2O3/c1-3-7-13-11(15)9-14-8-5-6-10(14)12(16)17-4-2/h3,10H,1,4-9H2,2H3,(H,13,15). The van der Waals surface area contributed by atoms with Gasteiger partial charge in [0.1, 0.15) is 6.04 Å². The largest absolute Gasteiger partial charge is 0.465 e. The molecule has 0 aromatic rings. The fourth-order valence-corrected chi connectivity index (χ4v) is 1.95. The van der Waals surface area contributed by atoms with Crippen LogP contribution in [0.3, 0.4) is 0 Å². The molecule has 1 fully saturated rings. The Balaban J connectivity index is 2.43. The Kier molecular flexibility index (Phi) is 5.69. The Morgan fingerprint density at radius 1 is 1.59 bits per heavy atom. The summed E-state index contributed by atoms with van der Waals surface area (Å²) in [6.45, 7) is 7.17. The summed E-state index contributed by atoms with van der Waals surface area (Å²) in [6, 6.07) is -0.260. The number of rotatable bonds is 6. The van der Waals surface area contributed by atoms with Crippen LogP contribution in [0.25, 0.3) is 0 Å². The first kappa shape index (κ1) is 13.7. The molecule has 0 saturated carbocycles. The molecule has 1 rings (SSSR count). The summed E-state index contributed by atoms with van der Waals surface area (Å²) >= 11 is 0. The maximum absolute atomic E-state index is 11.6. The molecule has 1 N–H and O–H groups in total. The first-order chi connectivity index (χ1) is 8.19. The third-order valence-corrected chi connectivity index (χ3v) is 2.71. The summed E-state index contributed by atoms with van der Waals surface area (Å²) in [5.74, 6) is -0.303. The molecule has 0 radical (unpaired) electrons. The summed E-state index contributed by atoms with van der Waals surface area (Å²) in [4.78, 5) is 25.0. The van der Waals surface area contributed by atoms with Gasteiger partial charge in [-0.1, -0.05) is 6.08 Å². The highest BCUT2D eigenvalue weighted by molar-refractivity contribution is 5.80. The lowest BCUT2D eigenvalue weighted by Crippen LogP contribution is -2.43. The van der Waals surface area contributed by atoms with Crippen LogP contribution in [0.1, 0.15) is 19.8 Å². The number of nitrogens with zero attached hydrogens (tertiary/aromatic N) is 1. The van der Waals surface area contributed by atoms with Gasteiger partial charge >= 0.3 is 5.97 Å². The summed E-state index contributed by atoms with van der Waals surface area (Å²) in [5, 5.41) is 2.70. The van der Waals surface area contributed by atoms with E-state index < -0.39 is 0 Å². The van der Waals surface area contributed by atoms with Gasteiger partial charge in [-0.25, -0.2) is 0 Å². The van der Waals surface area contributed by atoms with Gasteiger partial charge in [-0.15, -0.1) is 6.58 Å². The molecule has 1 atom stereocenters. The van der Waals surface area contributed by atoms with Gasteiger partial charge < -0.3 is 10.1 Å². The zero-order chi connectivity index (χ0) is 12.7. The predicted molar refractivity (Wildman–Crippen MR) is 64.4 cm³/mol. The van der Waals surface area contributed by atoms with Crippen molar-refractivity contribution in [2.75, 3.05) is 26.2 Å². The van der Waals surface area contributed by atoms with Crippen LogP contribution < -0.4 is 5.32 Å². The molecule has 1 unspecified atom stereocenters. The summed E-state index contributed by atoms with van der Waals surface area (Å²) in [5.41, 5.74) is 0. The molecule has 1 aliphatic rings. The SMILES string of the molecule is C=CCNC(=O)CN1CCCC1C(=O)OCC. The average Bonchev–Trinajstić information content (AvgIpc) is 2.75. The Morgan fingerprint density at radius 3 is 3.00 bits per heavy atom. The van der Waals surface area contributed by atoms with E-state index in [1.165, 1.54) is 0 Å². The van der Waals surface area contributed by atoms with Gasteiger partial charge in [0.15, 0.2) is 0 Å². The van der Waals surface area contributed by atoms with Crippen molar-refractivity contribution in [3.8, 4) is 0 Å². The number of ether oxygens (including phenoxy) is 1. The second-order valence-electron chi connectivity index (χ2n) is 3.97. The van der Waals surface area contributed by atoms with Crippen molar-refractivity contribution in [3.63, 3.8) is 0 Å². The molecular formula is C12H20N2O3. The quantitative estimate of drug-likeness (QED) is 0.536. The highest BCUT2D eigenvalue weighted by Gasteiger charge is 2.32. The van der Waals surface area contributed by atoms with E-state index in [1.807, 2.05) is 4.90 Å². The van der Waals surface area contributed by atoms with Crippen LogP contribution >= 0.6 is 0 Å². The lowest BCUT2D eigenvalue weighted by molar-refractivity contribution is -0.148. The van der Waals surface area contributed by atoms with Crippen LogP contribution in [0.5, 0.6) is 0 Å². The Bertz CT molecular complexity index is 291. The van der Waals surface area contributed by atoms with Crippen molar-refractivity contribution < 1.29 is 14.3 Å². The fraction of sp³-hybridized carbons (Fsp3) is 0.667. The van der Waals surface area contributed by atoms with Crippen molar-refractivity contribution >= 4 is 11.9 Å². The molecule has 96 valence electrons. The zero-order valence-electron chi connectivity index (χ0n) is 10.3. The van der Waals surface area contributed by atoms with Gasteiger partial charge in [0.2, 0.25) is 5.91 Å². The fourth-order valence-electron chi connectivity index (χ4n) is 1.95. The minimum atomic E-state index is -0.260. The Hall–Kier alpha value is -1.36.